The van der Waals surface area contributed by atoms with Crippen molar-refractivity contribution >= 4 is 15.7 Å². The highest BCUT2D eigenvalue weighted by atomic mass is 32.2. The lowest BCUT2D eigenvalue weighted by molar-refractivity contribution is 0.327. The first-order valence-electron chi connectivity index (χ1n) is 5.90. The minimum atomic E-state index is -3.77. The van der Waals surface area contributed by atoms with Gasteiger partial charge in [0.05, 0.1) is 24.7 Å². The summed E-state index contributed by atoms with van der Waals surface area (Å²) in [6.07, 6.45) is 2.76. The smallest absolute Gasteiger partial charge is 0.279 e. The first kappa shape index (κ1) is 14.3. The second-order valence-corrected chi connectivity index (χ2v) is 5.47. The molecule has 0 aliphatic heterocycles. The minimum Gasteiger partial charge on any atom is -0.478 e. The summed E-state index contributed by atoms with van der Waals surface area (Å²) in [4.78, 5) is 3.98. The molecule has 0 radical (unpaired) electrons. The second kappa shape index (κ2) is 5.88. The van der Waals surface area contributed by atoms with Gasteiger partial charge in [-0.05, 0) is 13.0 Å². The van der Waals surface area contributed by atoms with Gasteiger partial charge in [-0.2, -0.15) is 13.5 Å². The van der Waals surface area contributed by atoms with Crippen LogP contribution in [0.3, 0.4) is 0 Å². The number of nitrogens with two attached hydrogens (primary N) is 1. The van der Waals surface area contributed by atoms with Gasteiger partial charge >= 0.3 is 0 Å². The molecule has 2 heterocycles. The van der Waals surface area contributed by atoms with Crippen LogP contribution in [-0.2, 0) is 16.6 Å². The van der Waals surface area contributed by atoms with Crippen LogP contribution < -0.4 is 15.2 Å². The zero-order valence-electron chi connectivity index (χ0n) is 10.8. The summed E-state index contributed by atoms with van der Waals surface area (Å²) in [5.74, 6) is 0.430. The number of sulfonamides is 1. The summed E-state index contributed by atoms with van der Waals surface area (Å²) in [5, 5.41) is 6.06. The van der Waals surface area contributed by atoms with Gasteiger partial charge in [0.2, 0.25) is 5.88 Å². The van der Waals surface area contributed by atoms with Crippen LogP contribution in [0.25, 0.3) is 0 Å². The zero-order valence-corrected chi connectivity index (χ0v) is 11.6. The standard InChI is InChI=1S/C11H15N5O3S/c1-2-19-10-4-3-9(7-13-10)16-20(17,18)11-8(5-12)6-14-15-11/h3-4,6-7,16H,2,5,12H2,1H3,(H,14,15). The van der Waals surface area contributed by atoms with Crippen molar-refractivity contribution in [2.75, 3.05) is 11.3 Å². The summed E-state index contributed by atoms with van der Waals surface area (Å²) < 4.78 is 31.9. The van der Waals surface area contributed by atoms with Gasteiger partial charge in [-0.25, -0.2) is 4.98 Å². The maximum atomic E-state index is 12.2. The lowest BCUT2D eigenvalue weighted by Gasteiger charge is -2.08. The zero-order chi connectivity index (χ0) is 14.6. The molecule has 0 aliphatic rings. The number of H-pyrrole nitrogens is 1. The maximum Gasteiger partial charge on any atom is 0.279 e. The van der Waals surface area contributed by atoms with E-state index >= 15 is 0 Å². The van der Waals surface area contributed by atoms with E-state index in [2.05, 4.69) is 19.9 Å². The molecule has 9 heteroatoms. The van der Waals surface area contributed by atoms with Gasteiger partial charge in [0.1, 0.15) is 0 Å². The van der Waals surface area contributed by atoms with Crippen molar-refractivity contribution in [1.82, 2.24) is 15.2 Å². The topological polar surface area (TPSA) is 123 Å². The Morgan fingerprint density at radius 1 is 1.40 bits per heavy atom. The molecule has 2 rings (SSSR count). The molecule has 108 valence electrons. The van der Waals surface area contributed by atoms with Crippen molar-refractivity contribution in [3.8, 4) is 5.88 Å². The SMILES string of the molecule is CCOc1ccc(NS(=O)(=O)c2[nH]ncc2CN)cn1. The molecule has 0 saturated carbocycles. The fourth-order valence-electron chi connectivity index (χ4n) is 1.56. The number of aromatic nitrogens is 3. The highest BCUT2D eigenvalue weighted by Gasteiger charge is 2.20. The van der Waals surface area contributed by atoms with Crippen LogP contribution in [0.2, 0.25) is 0 Å². The fraction of sp³-hybridized carbons (Fsp3) is 0.273. The summed E-state index contributed by atoms with van der Waals surface area (Å²) in [6, 6.07) is 3.15. The lowest BCUT2D eigenvalue weighted by Crippen LogP contribution is -2.16. The molecule has 4 N–H and O–H groups in total. The van der Waals surface area contributed by atoms with E-state index in [0.717, 1.165) is 0 Å². The third-order valence-electron chi connectivity index (χ3n) is 2.45. The summed E-state index contributed by atoms with van der Waals surface area (Å²) in [5.41, 5.74) is 6.20. The highest BCUT2D eigenvalue weighted by molar-refractivity contribution is 7.92. The maximum absolute atomic E-state index is 12.2. The van der Waals surface area contributed by atoms with Gasteiger partial charge in [-0.1, -0.05) is 0 Å². The molecule has 0 bridgehead atoms. The summed E-state index contributed by atoms with van der Waals surface area (Å²) >= 11 is 0. The van der Waals surface area contributed by atoms with E-state index < -0.39 is 10.0 Å². The molecule has 0 amide bonds. The Hall–Kier alpha value is -2.13. The molecule has 0 atom stereocenters. The average Bonchev–Trinajstić information content (AvgIpc) is 2.90. The van der Waals surface area contributed by atoms with Gasteiger partial charge < -0.3 is 10.5 Å². The van der Waals surface area contributed by atoms with Crippen LogP contribution in [0, 0.1) is 0 Å². The van der Waals surface area contributed by atoms with Gasteiger partial charge in [0.15, 0.2) is 5.03 Å². The van der Waals surface area contributed by atoms with Gasteiger partial charge in [0.25, 0.3) is 10.0 Å². The molecule has 0 aliphatic carbocycles. The largest absolute Gasteiger partial charge is 0.478 e. The van der Waals surface area contributed by atoms with Crippen LogP contribution in [0.4, 0.5) is 5.69 Å². The number of hydrogen-bond acceptors (Lipinski definition) is 6. The molecule has 0 unspecified atom stereocenters. The molecule has 2 aromatic heterocycles. The van der Waals surface area contributed by atoms with Gasteiger partial charge in [-0.3, -0.25) is 9.82 Å². The Morgan fingerprint density at radius 2 is 2.20 bits per heavy atom. The van der Waals surface area contributed by atoms with E-state index in [1.165, 1.54) is 12.4 Å². The van der Waals surface area contributed by atoms with E-state index in [1.54, 1.807) is 12.1 Å². The molecule has 2 aromatic rings. The number of rotatable bonds is 6. The molecular weight excluding hydrogens is 282 g/mol. The number of hydrogen-bond donors (Lipinski definition) is 3. The monoisotopic (exact) mass is 297 g/mol. The number of aromatic amines is 1. The average molecular weight is 297 g/mol. The first-order chi connectivity index (χ1) is 9.56. The Morgan fingerprint density at radius 3 is 2.80 bits per heavy atom. The molecule has 0 fully saturated rings. The Labute approximate surface area is 116 Å². The second-order valence-electron chi connectivity index (χ2n) is 3.85. The van der Waals surface area contributed by atoms with Crippen LogP contribution in [0.1, 0.15) is 12.5 Å². The Kier molecular flexibility index (Phi) is 4.20. The third kappa shape index (κ3) is 3.06. The molecule has 0 spiro atoms. The van der Waals surface area contributed by atoms with E-state index in [1.807, 2.05) is 6.92 Å². The molecular formula is C11H15N5O3S. The number of nitrogens with zero attached hydrogens (tertiary/aromatic N) is 2. The third-order valence-corrected chi connectivity index (χ3v) is 3.84. The predicted molar refractivity (Wildman–Crippen MR) is 72.7 cm³/mol. The van der Waals surface area contributed by atoms with E-state index in [9.17, 15) is 8.42 Å². The number of anilines is 1. The van der Waals surface area contributed by atoms with Gasteiger partial charge in [-0.15, -0.1) is 0 Å². The number of pyridine rings is 1. The van der Waals surface area contributed by atoms with E-state index in [4.69, 9.17) is 10.5 Å². The fourth-order valence-corrected chi connectivity index (χ4v) is 2.74. The number of nitrogens with one attached hydrogen (secondary N) is 2. The highest BCUT2D eigenvalue weighted by Crippen LogP contribution is 2.18. The predicted octanol–water partition coefficient (Wildman–Crippen LogP) is 0.463. The molecule has 8 nitrogen and oxygen atoms in total. The van der Waals surface area contributed by atoms with Crippen LogP contribution >= 0.6 is 0 Å². The Balaban J connectivity index is 2.20. The quantitative estimate of drug-likeness (QED) is 0.712. The van der Waals surface area contributed by atoms with E-state index in [-0.39, 0.29) is 11.6 Å². The van der Waals surface area contributed by atoms with Crippen molar-refractivity contribution < 1.29 is 13.2 Å². The van der Waals surface area contributed by atoms with E-state index in [0.29, 0.717) is 23.7 Å². The first-order valence-corrected chi connectivity index (χ1v) is 7.39. The Bertz CT molecular complexity index is 666. The normalized spacial score (nSPS) is 11.3. The van der Waals surface area contributed by atoms with Crippen molar-refractivity contribution in [3.05, 3.63) is 30.1 Å². The van der Waals surface area contributed by atoms with Gasteiger partial charge in [0, 0.05) is 18.2 Å². The van der Waals surface area contributed by atoms with Crippen LogP contribution in [0.15, 0.2) is 29.6 Å². The number of ether oxygens (including phenoxy) is 1. The van der Waals surface area contributed by atoms with Crippen LogP contribution in [0.5, 0.6) is 5.88 Å². The minimum absolute atomic E-state index is 0.0473. The van der Waals surface area contributed by atoms with Crippen LogP contribution in [-0.4, -0.2) is 30.2 Å². The lowest BCUT2D eigenvalue weighted by atomic mass is 10.4. The van der Waals surface area contributed by atoms with Crippen molar-refractivity contribution in [3.63, 3.8) is 0 Å². The van der Waals surface area contributed by atoms with Crippen molar-refractivity contribution in [1.29, 1.82) is 0 Å². The molecule has 0 aromatic carbocycles. The van der Waals surface area contributed by atoms with Crippen molar-refractivity contribution in [2.24, 2.45) is 5.73 Å². The molecule has 20 heavy (non-hydrogen) atoms. The molecule has 0 saturated heterocycles. The summed E-state index contributed by atoms with van der Waals surface area (Å²) in [7, 11) is -3.77. The van der Waals surface area contributed by atoms with Crippen molar-refractivity contribution in [2.45, 2.75) is 18.5 Å². The summed E-state index contributed by atoms with van der Waals surface area (Å²) in [6.45, 7) is 2.41.